The lowest BCUT2D eigenvalue weighted by Gasteiger charge is -2.21. The molecule has 0 radical (unpaired) electrons. The molecule has 0 saturated carbocycles. The van der Waals surface area contributed by atoms with Gasteiger partial charge in [0.25, 0.3) is 0 Å². The molecule has 0 spiro atoms. The fourth-order valence-electron chi connectivity index (χ4n) is 1.98. The molecule has 0 amide bonds. The predicted octanol–water partition coefficient (Wildman–Crippen LogP) is 1.80. The van der Waals surface area contributed by atoms with Crippen LogP contribution in [-0.2, 0) is 7.05 Å². The van der Waals surface area contributed by atoms with Crippen molar-refractivity contribution in [2.45, 2.75) is 0 Å². The van der Waals surface area contributed by atoms with E-state index in [1.54, 1.807) is 13.1 Å². The van der Waals surface area contributed by atoms with Gasteiger partial charge in [0, 0.05) is 19.2 Å². The van der Waals surface area contributed by atoms with Crippen LogP contribution in [0.3, 0.4) is 0 Å². The Kier molecular flexibility index (Phi) is 2.67. The number of phenols is 1. The average molecular weight is 282 g/mol. The van der Waals surface area contributed by atoms with Crippen LogP contribution in [0.5, 0.6) is 17.2 Å². The summed E-state index contributed by atoms with van der Waals surface area (Å²) in [6, 6.07) is 3.10. The number of aromatic hydroxyl groups is 1. The first-order chi connectivity index (χ1) is 9.08. The highest BCUT2D eigenvalue weighted by atomic mass is 35.5. The van der Waals surface area contributed by atoms with Crippen LogP contribution in [0.2, 0.25) is 5.02 Å². The maximum absolute atomic E-state index is 9.86. The van der Waals surface area contributed by atoms with E-state index in [1.165, 1.54) is 10.7 Å². The number of aryl methyl sites for hydroxylation is 1. The molecule has 1 aliphatic heterocycles. The Morgan fingerprint density at radius 1 is 1.37 bits per heavy atom. The summed E-state index contributed by atoms with van der Waals surface area (Å²) in [5.74, 6) is 1.34. The summed E-state index contributed by atoms with van der Waals surface area (Å²) in [7, 11) is 1.72. The minimum atomic E-state index is -0.0786. The van der Waals surface area contributed by atoms with Crippen LogP contribution >= 0.6 is 11.6 Å². The van der Waals surface area contributed by atoms with Gasteiger partial charge in [-0.3, -0.25) is 4.68 Å². The molecule has 0 unspecified atom stereocenters. The highest BCUT2D eigenvalue weighted by molar-refractivity contribution is 6.35. The predicted molar refractivity (Wildman–Crippen MR) is 70.7 cm³/mol. The van der Waals surface area contributed by atoms with Gasteiger partial charge in [-0.2, -0.15) is 5.10 Å². The number of nitrogens with two attached hydrogens (primary N) is 1. The van der Waals surface area contributed by atoms with Gasteiger partial charge >= 0.3 is 0 Å². The van der Waals surface area contributed by atoms with Crippen LogP contribution in [0.1, 0.15) is 0 Å². The number of hydrogen-bond donors (Lipinski definition) is 2. The molecular formula is C12H12ClN3O3. The molecule has 7 heteroatoms. The van der Waals surface area contributed by atoms with Crippen LogP contribution in [-0.4, -0.2) is 28.1 Å². The first-order valence-corrected chi connectivity index (χ1v) is 6.06. The number of benzene rings is 1. The third-order valence-corrected chi connectivity index (χ3v) is 3.31. The third kappa shape index (κ3) is 1.84. The van der Waals surface area contributed by atoms with E-state index in [1.807, 2.05) is 0 Å². The number of fused-ring (bicyclic) bond motifs is 1. The molecule has 6 nitrogen and oxygen atoms in total. The molecule has 0 atom stereocenters. The Morgan fingerprint density at radius 2 is 2.11 bits per heavy atom. The van der Waals surface area contributed by atoms with E-state index < -0.39 is 0 Å². The Labute approximate surface area is 114 Å². The van der Waals surface area contributed by atoms with E-state index in [0.29, 0.717) is 41.8 Å². The van der Waals surface area contributed by atoms with Gasteiger partial charge in [-0.1, -0.05) is 11.6 Å². The molecule has 1 aliphatic rings. The topological polar surface area (TPSA) is 82.5 Å². The fourth-order valence-corrected chi connectivity index (χ4v) is 2.22. The number of phenolic OH excluding ortho intramolecular Hbond substituents is 1. The largest absolute Gasteiger partial charge is 0.506 e. The van der Waals surface area contributed by atoms with Crippen molar-refractivity contribution in [3.8, 4) is 28.5 Å². The molecule has 3 rings (SSSR count). The number of rotatable bonds is 1. The quantitative estimate of drug-likeness (QED) is 0.833. The van der Waals surface area contributed by atoms with Gasteiger partial charge in [0.05, 0.1) is 16.3 Å². The first-order valence-electron chi connectivity index (χ1n) is 5.69. The zero-order valence-corrected chi connectivity index (χ0v) is 10.9. The zero-order valence-electron chi connectivity index (χ0n) is 10.2. The Balaban J connectivity index is 2.26. The molecule has 0 bridgehead atoms. The molecular weight excluding hydrogens is 270 g/mol. The van der Waals surface area contributed by atoms with Gasteiger partial charge in [0.15, 0.2) is 11.5 Å². The smallest absolute Gasteiger partial charge is 0.172 e. The minimum Gasteiger partial charge on any atom is -0.506 e. The van der Waals surface area contributed by atoms with E-state index in [-0.39, 0.29) is 10.8 Å². The summed E-state index contributed by atoms with van der Waals surface area (Å²) in [5.41, 5.74) is 6.78. The number of ether oxygens (including phenoxy) is 2. The molecule has 2 aromatic rings. The third-order valence-electron chi connectivity index (χ3n) is 2.92. The number of halogens is 1. The number of aromatic nitrogens is 2. The van der Waals surface area contributed by atoms with Gasteiger partial charge in [0.2, 0.25) is 0 Å². The van der Waals surface area contributed by atoms with E-state index >= 15 is 0 Å². The Bertz CT molecular complexity index is 635. The number of nitrogens with zero attached hydrogens (tertiary/aromatic N) is 2. The van der Waals surface area contributed by atoms with Gasteiger partial charge in [-0.15, -0.1) is 0 Å². The zero-order chi connectivity index (χ0) is 13.6. The molecule has 3 N–H and O–H groups in total. The maximum atomic E-state index is 9.86. The summed E-state index contributed by atoms with van der Waals surface area (Å²) in [4.78, 5) is 0. The Hall–Kier alpha value is -2.08. The van der Waals surface area contributed by atoms with E-state index in [4.69, 9.17) is 26.8 Å². The van der Waals surface area contributed by atoms with Crippen molar-refractivity contribution in [2.24, 2.45) is 7.05 Å². The second-order valence-electron chi connectivity index (χ2n) is 4.19. The SMILES string of the molecule is Cn1nc(-c2c(Cl)c(O)cc3c2OCCO3)cc1N. The molecule has 0 saturated heterocycles. The van der Waals surface area contributed by atoms with E-state index in [9.17, 15) is 5.11 Å². The molecule has 1 aromatic carbocycles. The van der Waals surface area contributed by atoms with Gasteiger partial charge in [0.1, 0.15) is 24.8 Å². The second kappa shape index (κ2) is 4.24. The lowest BCUT2D eigenvalue weighted by atomic mass is 10.1. The summed E-state index contributed by atoms with van der Waals surface area (Å²) in [6.07, 6.45) is 0. The second-order valence-corrected chi connectivity index (χ2v) is 4.56. The number of anilines is 1. The fraction of sp³-hybridized carbons (Fsp3) is 0.250. The van der Waals surface area contributed by atoms with Crippen molar-refractivity contribution in [3.05, 3.63) is 17.2 Å². The van der Waals surface area contributed by atoms with Crippen LogP contribution in [0, 0.1) is 0 Å². The number of nitrogen functional groups attached to an aromatic ring is 1. The lowest BCUT2D eigenvalue weighted by Crippen LogP contribution is -2.16. The lowest BCUT2D eigenvalue weighted by molar-refractivity contribution is 0.171. The van der Waals surface area contributed by atoms with Crippen LogP contribution < -0.4 is 15.2 Å². The van der Waals surface area contributed by atoms with Gasteiger partial charge in [-0.25, -0.2) is 0 Å². The summed E-state index contributed by atoms with van der Waals surface area (Å²) < 4.78 is 12.6. The molecule has 19 heavy (non-hydrogen) atoms. The van der Waals surface area contributed by atoms with Crippen molar-refractivity contribution in [3.63, 3.8) is 0 Å². The molecule has 0 aliphatic carbocycles. The Morgan fingerprint density at radius 3 is 2.79 bits per heavy atom. The van der Waals surface area contributed by atoms with E-state index in [0.717, 1.165) is 0 Å². The number of hydrogen-bond acceptors (Lipinski definition) is 5. The van der Waals surface area contributed by atoms with Crippen molar-refractivity contribution in [1.82, 2.24) is 9.78 Å². The van der Waals surface area contributed by atoms with E-state index in [2.05, 4.69) is 5.10 Å². The minimum absolute atomic E-state index is 0.0786. The average Bonchev–Trinajstić information content (AvgIpc) is 2.71. The molecule has 1 aromatic heterocycles. The highest BCUT2D eigenvalue weighted by Gasteiger charge is 2.25. The summed E-state index contributed by atoms with van der Waals surface area (Å²) in [5, 5.41) is 14.3. The van der Waals surface area contributed by atoms with Crippen LogP contribution in [0.25, 0.3) is 11.3 Å². The standard InChI is InChI=1S/C12H12ClN3O3/c1-16-9(14)4-6(15-16)10-11(13)7(17)5-8-12(10)19-3-2-18-8/h4-5,17H,2-3,14H2,1H3. The summed E-state index contributed by atoms with van der Waals surface area (Å²) in [6.45, 7) is 0.849. The molecule has 2 heterocycles. The van der Waals surface area contributed by atoms with Crippen molar-refractivity contribution < 1.29 is 14.6 Å². The van der Waals surface area contributed by atoms with Crippen molar-refractivity contribution >= 4 is 17.4 Å². The molecule has 100 valence electrons. The normalized spacial score (nSPS) is 13.6. The first kappa shape index (κ1) is 12.0. The maximum Gasteiger partial charge on any atom is 0.172 e. The van der Waals surface area contributed by atoms with Gasteiger partial charge in [-0.05, 0) is 0 Å². The van der Waals surface area contributed by atoms with Crippen LogP contribution in [0.15, 0.2) is 12.1 Å². The summed E-state index contributed by atoms with van der Waals surface area (Å²) >= 11 is 6.15. The van der Waals surface area contributed by atoms with Crippen molar-refractivity contribution in [2.75, 3.05) is 18.9 Å². The molecule has 0 fully saturated rings. The monoisotopic (exact) mass is 281 g/mol. The highest BCUT2D eigenvalue weighted by Crippen LogP contribution is 2.48. The van der Waals surface area contributed by atoms with Gasteiger partial charge < -0.3 is 20.3 Å². The van der Waals surface area contributed by atoms with Crippen LogP contribution in [0.4, 0.5) is 5.82 Å². The van der Waals surface area contributed by atoms with Crippen molar-refractivity contribution in [1.29, 1.82) is 0 Å².